The molecule has 0 radical (unpaired) electrons. The fourth-order valence-electron chi connectivity index (χ4n) is 4.49. The lowest BCUT2D eigenvalue weighted by Crippen LogP contribution is -2.32. The number of ketones is 1. The number of benzene rings is 1. The first-order valence-corrected chi connectivity index (χ1v) is 10.3. The first-order chi connectivity index (χ1) is 13.1. The molecule has 146 valence electrons. The Bertz CT molecular complexity index is 685. The third-order valence-electron chi connectivity index (χ3n) is 6.00. The summed E-state index contributed by atoms with van der Waals surface area (Å²) in [5.41, 5.74) is 0.898. The molecule has 3 heteroatoms. The number of methoxy groups -OCH3 is 1. The minimum absolute atomic E-state index is 0.00708. The predicted molar refractivity (Wildman–Crippen MR) is 109 cm³/mol. The van der Waals surface area contributed by atoms with E-state index in [9.17, 15) is 9.90 Å². The fraction of sp³-hybridized carbons (Fsp3) is 0.542. The van der Waals surface area contributed by atoms with Crippen LogP contribution in [0.2, 0.25) is 0 Å². The number of unbranched alkanes of at least 4 members (excludes halogenated alkanes) is 1. The summed E-state index contributed by atoms with van der Waals surface area (Å²) in [6.07, 6.45) is 16.3. The molecule has 0 saturated heterocycles. The normalized spacial score (nSPS) is 25.9. The highest BCUT2D eigenvalue weighted by Crippen LogP contribution is 2.39. The van der Waals surface area contributed by atoms with Crippen molar-refractivity contribution in [2.45, 2.75) is 62.9 Å². The van der Waals surface area contributed by atoms with Gasteiger partial charge in [-0.05, 0) is 54.9 Å². The van der Waals surface area contributed by atoms with Crippen molar-refractivity contribution in [2.24, 2.45) is 5.92 Å². The first kappa shape index (κ1) is 20.0. The van der Waals surface area contributed by atoms with Crippen LogP contribution in [0.5, 0.6) is 0 Å². The molecule has 1 saturated carbocycles. The maximum Gasteiger partial charge on any atom is 0.166 e. The van der Waals surface area contributed by atoms with E-state index in [0.717, 1.165) is 49.3 Å². The van der Waals surface area contributed by atoms with Crippen molar-refractivity contribution < 1.29 is 14.6 Å². The van der Waals surface area contributed by atoms with Crippen LogP contribution in [-0.2, 0) is 16.0 Å². The molecule has 0 heterocycles. The van der Waals surface area contributed by atoms with E-state index in [2.05, 4.69) is 12.1 Å². The highest BCUT2D eigenvalue weighted by molar-refractivity contribution is 6.00. The second-order valence-electron chi connectivity index (χ2n) is 7.99. The molecule has 2 aliphatic rings. The zero-order valence-electron chi connectivity index (χ0n) is 16.4. The number of aryl methyl sites for hydroxylation is 1. The quantitative estimate of drug-likeness (QED) is 0.505. The largest absolute Gasteiger partial charge is 0.385 e. The maximum atomic E-state index is 12.6. The number of hydrogen-bond donors (Lipinski definition) is 1. The Hall–Kier alpha value is -1.71. The van der Waals surface area contributed by atoms with Crippen LogP contribution < -0.4 is 0 Å². The first-order valence-electron chi connectivity index (χ1n) is 10.3. The van der Waals surface area contributed by atoms with E-state index in [1.165, 1.54) is 25.7 Å². The third-order valence-corrected chi connectivity index (χ3v) is 6.00. The monoisotopic (exact) mass is 368 g/mol. The van der Waals surface area contributed by atoms with Crippen LogP contribution in [0, 0.1) is 5.92 Å². The van der Waals surface area contributed by atoms with Crippen LogP contribution in [0.15, 0.2) is 48.6 Å². The van der Waals surface area contributed by atoms with Gasteiger partial charge in [-0.1, -0.05) is 62.1 Å². The van der Waals surface area contributed by atoms with Crippen molar-refractivity contribution >= 4 is 5.78 Å². The predicted octanol–water partition coefficient (Wildman–Crippen LogP) is 4.75. The topological polar surface area (TPSA) is 46.5 Å². The van der Waals surface area contributed by atoms with Crippen LogP contribution in [0.3, 0.4) is 0 Å². The number of ether oxygens (including phenoxy) is 1. The molecule has 27 heavy (non-hydrogen) atoms. The average Bonchev–Trinajstić information content (AvgIpc) is 3.28. The summed E-state index contributed by atoms with van der Waals surface area (Å²) in [5, 5.41) is 11.3. The molecule has 3 nitrogen and oxygen atoms in total. The molecule has 3 rings (SSSR count). The van der Waals surface area contributed by atoms with E-state index < -0.39 is 11.5 Å². The van der Waals surface area contributed by atoms with Crippen molar-refractivity contribution in [1.29, 1.82) is 0 Å². The van der Waals surface area contributed by atoms with E-state index >= 15 is 0 Å². The lowest BCUT2D eigenvalue weighted by atomic mass is 9.80. The van der Waals surface area contributed by atoms with Gasteiger partial charge in [-0.25, -0.2) is 0 Å². The molecule has 1 fully saturated rings. The lowest BCUT2D eigenvalue weighted by molar-refractivity contribution is -0.117. The average molecular weight is 369 g/mol. The lowest BCUT2D eigenvalue weighted by Gasteiger charge is -2.27. The van der Waals surface area contributed by atoms with Gasteiger partial charge >= 0.3 is 0 Å². The Balaban J connectivity index is 1.75. The molecule has 1 aromatic rings. The van der Waals surface area contributed by atoms with E-state index in [4.69, 9.17) is 4.74 Å². The summed E-state index contributed by atoms with van der Waals surface area (Å²) in [5.74, 6) is 0.195. The summed E-state index contributed by atoms with van der Waals surface area (Å²) >= 11 is 0. The van der Waals surface area contributed by atoms with Crippen molar-refractivity contribution in [3.63, 3.8) is 0 Å². The van der Waals surface area contributed by atoms with Crippen molar-refractivity contribution in [1.82, 2.24) is 0 Å². The van der Waals surface area contributed by atoms with Crippen LogP contribution in [0.4, 0.5) is 0 Å². The summed E-state index contributed by atoms with van der Waals surface area (Å²) in [6, 6.07) is 8.05. The number of hydrogen-bond acceptors (Lipinski definition) is 3. The highest BCUT2D eigenvalue weighted by atomic mass is 16.5. The Kier molecular flexibility index (Phi) is 7.03. The van der Waals surface area contributed by atoms with Gasteiger partial charge in [-0.3, -0.25) is 4.79 Å². The molecule has 0 aliphatic heterocycles. The second-order valence-corrected chi connectivity index (χ2v) is 7.99. The summed E-state index contributed by atoms with van der Waals surface area (Å²) < 4.78 is 5.13. The molecule has 2 aliphatic carbocycles. The van der Waals surface area contributed by atoms with Gasteiger partial charge in [0, 0.05) is 13.7 Å². The SMILES string of the molecule is COCCCCc1ccccc1[C@H]1C(=O)C=C[C@]1(O)/C=C/CC1CCCC1. The number of aliphatic hydroxyl groups is 1. The van der Waals surface area contributed by atoms with Gasteiger partial charge < -0.3 is 9.84 Å². The minimum atomic E-state index is -1.21. The molecule has 0 aromatic heterocycles. The number of carbonyl (C=O) groups is 1. The van der Waals surface area contributed by atoms with Crippen LogP contribution >= 0.6 is 0 Å². The summed E-state index contributed by atoms with van der Waals surface area (Å²) in [4.78, 5) is 12.6. The molecule has 0 unspecified atom stereocenters. The van der Waals surface area contributed by atoms with Gasteiger partial charge in [0.1, 0.15) is 5.60 Å². The van der Waals surface area contributed by atoms with Crippen LogP contribution in [0.25, 0.3) is 0 Å². The summed E-state index contributed by atoms with van der Waals surface area (Å²) in [6.45, 7) is 0.750. The Morgan fingerprint density at radius 2 is 2.00 bits per heavy atom. The maximum absolute atomic E-state index is 12.6. The zero-order chi connectivity index (χ0) is 19.1. The Labute approximate surface area is 163 Å². The smallest absolute Gasteiger partial charge is 0.166 e. The Morgan fingerprint density at radius 3 is 2.78 bits per heavy atom. The number of carbonyl (C=O) groups excluding carboxylic acids is 1. The standard InChI is InChI=1S/C24H32O3/c1-27-18-7-6-13-20-12-4-5-14-21(20)23-22(25)15-17-24(23,26)16-8-11-19-9-2-3-10-19/h4-5,8,12,14-17,19,23,26H,2-3,6-7,9-11,13,18H2,1H3/b16-8+/t23-,24+/m0/s1. The van der Waals surface area contributed by atoms with Crippen LogP contribution in [0.1, 0.15) is 62.0 Å². The van der Waals surface area contributed by atoms with Gasteiger partial charge in [-0.2, -0.15) is 0 Å². The molecular formula is C24H32O3. The number of rotatable bonds is 9. The van der Waals surface area contributed by atoms with Crippen LogP contribution in [-0.4, -0.2) is 30.2 Å². The molecule has 1 N–H and O–H groups in total. The molecule has 2 atom stereocenters. The van der Waals surface area contributed by atoms with E-state index in [1.807, 2.05) is 24.3 Å². The van der Waals surface area contributed by atoms with E-state index in [-0.39, 0.29) is 5.78 Å². The van der Waals surface area contributed by atoms with E-state index in [0.29, 0.717) is 0 Å². The Morgan fingerprint density at radius 1 is 1.22 bits per heavy atom. The highest BCUT2D eigenvalue weighted by Gasteiger charge is 2.42. The minimum Gasteiger partial charge on any atom is -0.385 e. The molecular weight excluding hydrogens is 336 g/mol. The number of allylic oxidation sites excluding steroid dienone is 2. The fourth-order valence-corrected chi connectivity index (χ4v) is 4.49. The molecule has 0 amide bonds. The summed E-state index contributed by atoms with van der Waals surface area (Å²) in [7, 11) is 1.72. The third kappa shape index (κ3) is 4.97. The van der Waals surface area contributed by atoms with Crippen molar-refractivity contribution in [2.75, 3.05) is 13.7 Å². The molecule has 0 bridgehead atoms. The zero-order valence-corrected chi connectivity index (χ0v) is 16.4. The van der Waals surface area contributed by atoms with Gasteiger partial charge in [0.2, 0.25) is 0 Å². The van der Waals surface area contributed by atoms with Gasteiger partial charge in [-0.15, -0.1) is 0 Å². The van der Waals surface area contributed by atoms with Crippen molar-refractivity contribution in [3.8, 4) is 0 Å². The van der Waals surface area contributed by atoms with Gasteiger partial charge in [0.25, 0.3) is 0 Å². The molecule has 1 aromatic carbocycles. The van der Waals surface area contributed by atoms with Gasteiger partial charge in [0.15, 0.2) is 5.78 Å². The van der Waals surface area contributed by atoms with Crippen molar-refractivity contribution in [3.05, 3.63) is 59.7 Å². The van der Waals surface area contributed by atoms with E-state index in [1.54, 1.807) is 19.3 Å². The van der Waals surface area contributed by atoms with Gasteiger partial charge in [0.05, 0.1) is 5.92 Å². The second kappa shape index (κ2) is 9.48. The molecule has 0 spiro atoms.